The molecular weight excluding hydrogens is 430 g/mol. The van der Waals surface area contributed by atoms with Crippen LogP contribution in [0.25, 0.3) is 5.76 Å². The number of carbonyl (C=O) groups is 2. The van der Waals surface area contributed by atoms with Crippen LogP contribution in [0.3, 0.4) is 0 Å². The van der Waals surface area contributed by atoms with Crippen molar-refractivity contribution in [1.82, 2.24) is 9.88 Å². The van der Waals surface area contributed by atoms with Gasteiger partial charge in [-0.05, 0) is 29.1 Å². The molecule has 3 aromatic rings. The van der Waals surface area contributed by atoms with Gasteiger partial charge in [-0.25, -0.2) is 4.57 Å². The van der Waals surface area contributed by atoms with Crippen LogP contribution in [0.15, 0.2) is 60.0 Å². The van der Waals surface area contributed by atoms with Gasteiger partial charge >= 0.3 is 0 Å². The van der Waals surface area contributed by atoms with Crippen molar-refractivity contribution in [3.63, 3.8) is 0 Å². The molecule has 0 aliphatic carbocycles. The van der Waals surface area contributed by atoms with E-state index < -0.39 is 23.5 Å². The number of fused-ring (bicyclic) bond motifs is 1. The van der Waals surface area contributed by atoms with E-state index in [-0.39, 0.29) is 5.57 Å². The minimum Gasteiger partial charge on any atom is -0.872 e. The monoisotopic (exact) mass is 451 g/mol. The van der Waals surface area contributed by atoms with E-state index in [2.05, 4.69) is 4.98 Å². The summed E-state index contributed by atoms with van der Waals surface area (Å²) in [5.41, 5.74) is 0.292. The van der Waals surface area contributed by atoms with Crippen molar-refractivity contribution in [1.29, 1.82) is 0 Å². The van der Waals surface area contributed by atoms with Gasteiger partial charge in [0.05, 0.1) is 12.6 Å². The number of Topliss-reactive ketones (excluding diaryl/α,β-unsaturated/α-hetero) is 1. The van der Waals surface area contributed by atoms with Crippen molar-refractivity contribution >= 4 is 28.8 Å². The van der Waals surface area contributed by atoms with Gasteiger partial charge in [-0.2, -0.15) is 0 Å². The van der Waals surface area contributed by atoms with Gasteiger partial charge in [0, 0.05) is 23.4 Å². The van der Waals surface area contributed by atoms with Crippen LogP contribution in [0.1, 0.15) is 22.9 Å². The molecule has 5 rings (SSSR count). The zero-order chi connectivity index (χ0) is 22.1. The average molecular weight is 452 g/mol. The molecule has 1 atom stereocenters. The van der Waals surface area contributed by atoms with Crippen LogP contribution in [0.4, 0.5) is 0 Å². The Kier molecular flexibility index (Phi) is 5.40. The Morgan fingerprint density at radius 1 is 1.22 bits per heavy atom. The fourth-order valence-corrected chi connectivity index (χ4v) is 4.91. The van der Waals surface area contributed by atoms with Gasteiger partial charge in [0.2, 0.25) is 12.1 Å². The van der Waals surface area contributed by atoms with E-state index in [0.717, 1.165) is 4.88 Å². The lowest BCUT2D eigenvalue weighted by Crippen LogP contribution is -2.35. The number of hydrogen-bond donors (Lipinski definition) is 1. The van der Waals surface area contributed by atoms with E-state index in [1.54, 1.807) is 18.2 Å². The highest BCUT2D eigenvalue weighted by molar-refractivity contribution is 7.10. The number of aromatic nitrogens is 2. The number of nitrogens with zero attached hydrogens (tertiary/aromatic N) is 2. The largest absolute Gasteiger partial charge is 0.872 e. The third-order valence-electron chi connectivity index (χ3n) is 5.56. The van der Waals surface area contributed by atoms with Crippen LogP contribution in [-0.4, -0.2) is 41.3 Å². The highest BCUT2D eigenvalue weighted by Gasteiger charge is 2.44. The zero-order valence-corrected chi connectivity index (χ0v) is 18.0. The van der Waals surface area contributed by atoms with E-state index in [1.165, 1.54) is 16.2 Å². The number of thiophene rings is 1. The molecule has 2 aromatic heterocycles. The molecule has 32 heavy (non-hydrogen) atoms. The summed E-state index contributed by atoms with van der Waals surface area (Å²) in [4.78, 5) is 31.2. The van der Waals surface area contributed by atoms with Gasteiger partial charge in [-0.15, -0.1) is 11.3 Å². The lowest BCUT2D eigenvalue weighted by atomic mass is 9.99. The number of hydrogen-bond acceptors (Lipinski definition) is 6. The maximum atomic E-state index is 13.5. The number of benzene rings is 1. The molecule has 1 fully saturated rings. The molecule has 8 nitrogen and oxygen atoms in total. The summed E-state index contributed by atoms with van der Waals surface area (Å²) in [5, 5.41) is 15.3. The van der Waals surface area contributed by atoms with Gasteiger partial charge < -0.3 is 19.5 Å². The van der Waals surface area contributed by atoms with E-state index in [9.17, 15) is 14.7 Å². The molecule has 0 saturated carbocycles. The Bertz CT molecular complexity index is 1170. The van der Waals surface area contributed by atoms with Gasteiger partial charge in [0.25, 0.3) is 5.91 Å². The fraction of sp³-hybridized carbons (Fsp3) is 0.261. The number of ketones is 1. The number of imidazole rings is 1. The average Bonchev–Trinajstić information content (AvgIpc) is 3.57. The van der Waals surface area contributed by atoms with E-state index in [4.69, 9.17) is 9.47 Å². The molecule has 164 valence electrons. The van der Waals surface area contributed by atoms with Gasteiger partial charge in [-0.1, -0.05) is 17.9 Å². The number of nitrogens with one attached hydrogen (secondary N) is 1. The topological polar surface area (TPSA) is 98.6 Å². The van der Waals surface area contributed by atoms with E-state index >= 15 is 0 Å². The smallest absolute Gasteiger partial charge is 0.295 e. The van der Waals surface area contributed by atoms with Crippen LogP contribution >= 0.6 is 11.3 Å². The lowest BCUT2D eigenvalue weighted by Gasteiger charge is -2.27. The van der Waals surface area contributed by atoms with Crippen molar-refractivity contribution in [2.75, 3.05) is 19.8 Å². The highest BCUT2D eigenvalue weighted by Crippen LogP contribution is 2.41. The quantitative estimate of drug-likeness (QED) is 0.265. The molecule has 2 aliphatic rings. The fourth-order valence-electron chi connectivity index (χ4n) is 4.07. The molecular formula is C23H21N3O5S. The van der Waals surface area contributed by atoms with Crippen LogP contribution in [0.2, 0.25) is 0 Å². The molecule has 1 N–H and O–H groups in total. The number of amides is 1. The summed E-state index contributed by atoms with van der Waals surface area (Å²) in [7, 11) is 0. The molecule has 4 heterocycles. The van der Waals surface area contributed by atoms with Crippen molar-refractivity contribution in [3.05, 3.63) is 70.4 Å². The number of ether oxygens (including phenoxy) is 2. The molecule has 2 aliphatic heterocycles. The Hall–Kier alpha value is -3.59. The number of rotatable bonds is 6. The molecule has 0 radical (unpaired) electrons. The van der Waals surface area contributed by atoms with Crippen LogP contribution in [0.5, 0.6) is 11.5 Å². The number of aryl methyl sites for hydroxylation is 1. The number of aromatic amines is 1. The number of carbonyl (C=O) groups excluding carboxylic acids is 2. The van der Waals surface area contributed by atoms with Crippen LogP contribution in [-0.2, 0) is 16.1 Å². The van der Waals surface area contributed by atoms with Crippen LogP contribution in [0, 0.1) is 0 Å². The van der Waals surface area contributed by atoms with Crippen molar-refractivity contribution < 1.29 is 28.7 Å². The molecule has 1 aromatic carbocycles. The second-order valence-corrected chi connectivity index (χ2v) is 8.53. The summed E-state index contributed by atoms with van der Waals surface area (Å²) < 4.78 is 13.1. The first kappa shape index (κ1) is 20.3. The Balaban J connectivity index is 1.49. The predicted octanol–water partition coefficient (Wildman–Crippen LogP) is 1.45. The Morgan fingerprint density at radius 3 is 2.81 bits per heavy atom. The summed E-state index contributed by atoms with van der Waals surface area (Å²) >= 11 is 1.42. The zero-order valence-electron chi connectivity index (χ0n) is 17.2. The lowest BCUT2D eigenvalue weighted by molar-refractivity contribution is -0.695. The van der Waals surface area contributed by atoms with Gasteiger partial charge in [0.15, 0.2) is 11.5 Å². The second-order valence-electron chi connectivity index (χ2n) is 7.55. The Morgan fingerprint density at radius 2 is 2.06 bits per heavy atom. The predicted molar refractivity (Wildman–Crippen MR) is 114 cm³/mol. The van der Waals surface area contributed by atoms with Crippen molar-refractivity contribution in [2.45, 2.75) is 19.0 Å². The SMILES string of the molecule is O=C1C(=O)N(CCC[n+]2cc[nH]c2)C(c2cccs2)C1=C([O-])c1ccc2c(c1)OCCO2. The standard InChI is InChI=1S/C23H21N3O5S/c27-21(15-4-5-16-17(13-15)31-11-10-30-16)19-20(18-3-1-12-32-18)26(23(29)22(19)28)8-2-7-25-9-6-24-14-25/h1,3-6,9,12-14,20H,2,7-8,10-11H2,(H,27,28). The summed E-state index contributed by atoms with van der Waals surface area (Å²) in [6.07, 6.45) is 6.19. The van der Waals surface area contributed by atoms with Crippen molar-refractivity contribution in [2.24, 2.45) is 0 Å². The first-order valence-corrected chi connectivity index (χ1v) is 11.2. The minimum absolute atomic E-state index is 0.0107. The van der Waals surface area contributed by atoms with Crippen LogP contribution < -0.4 is 19.1 Å². The molecule has 9 heteroatoms. The van der Waals surface area contributed by atoms with E-state index in [1.807, 2.05) is 40.8 Å². The van der Waals surface area contributed by atoms with Gasteiger partial charge in [0.1, 0.15) is 25.6 Å². The minimum atomic E-state index is -0.738. The summed E-state index contributed by atoms with van der Waals surface area (Å²) in [6, 6.07) is 7.87. The number of H-pyrrole nitrogens is 1. The van der Waals surface area contributed by atoms with E-state index in [0.29, 0.717) is 49.8 Å². The first-order chi connectivity index (χ1) is 15.6. The first-order valence-electron chi connectivity index (χ1n) is 10.3. The molecule has 0 spiro atoms. The maximum Gasteiger partial charge on any atom is 0.295 e. The third-order valence-corrected chi connectivity index (χ3v) is 6.49. The summed E-state index contributed by atoms with van der Waals surface area (Å²) in [5.74, 6) is -0.806. The van der Waals surface area contributed by atoms with Crippen molar-refractivity contribution in [3.8, 4) is 11.5 Å². The molecule has 0 bridgehead atoms. The Labute approximate surface area is 188 Å². The summed E-state index contributed by atoms with van der Waals surface area (Å²) in [6.45, 7) is 1.89. The third kappa shape index (κ3) is 3.64. The molecule has 1 unspecified atom stereocenters. The normalized spacial score (nSPS) is 19.5. The van der Waals surface area contributed by atoms with Gasteiger partial charge in [-0.3, -0.25) is 14.6 Å². The highest BCUT2D eigenvalue weighted by atomic mass is 32.1. The second kappa shape index (κ2) is 8.51. The molecule has 1 saturated heterocycles. The number of likely N-dealkylation sites (tertiary alicyclic amines) is 1. The maximum absolute atomic E-state index is 13.5. The molecule has 1 amide bonds.